The second kappa shape index (κ2) is 6.29. The normalized spacial score (nSPS) is 14.3. The predicted molar refractivity (Wildman–Crippen MR) is 76.3 cm³/mol. The molecule has 0 spiro atoms. The molecule has 1 rings (SSSR count). The molecule has 1 atom stereocenters. The number of halogens is 1. The Hall–Kier alpha value is -0.510. The van der Waals surface area contributed by atoms with E-state index < -0.39 is 10.0 Å². The second-order valence-electron chi connectivity index (χ2n) is 4.63. The molecule has 7 nitrogen and oxygen atoms in total. The van der Waals surface area contributed by atoms with E-state index in [0.717, 1.165) is 0 Å². The maximum absolute atomic E-state index is 12.7. The van der Waals surface area contributed by atoms with E-state index in [1.807, 2.05) is 32.8 Å². The standard InChI is InChI=1S/C10H20BrN5O2S/c1-6-16(8(2)7-14(3)4)19(17,18)10-9(11)12-13-15(10)5/h8H,6-7H2,1-5H3. The van der Waals surface area contributed by atoms with Crippen molar-refractivity contribution in [2.45, 2.75) is 24.9 Å². The van der Waals surface area contributed by atoms with Crippen molar-refractivity contribution in [1.82, 2.24) is 24.2 Å². The molecule has 9 heteroatoms. The smallest absolute Gasteiger partial charge is 0.263 e. The summed E-state index contributed by atoms with van der Waals surface area (Å²) in [5.41, 5.74) is 0. The van der Waals surface area contributed by atoms with Crippen LogP contribution in [0.3, 0.4) is 0 Å². The van der Waals surface area contributed by atoms with Gasteiger partial charge in [0.25, 0.3) is 10.0 Å². The summed E-state index contributed by atoms with van der Waals surface area (Å²) < 4.78 is 28.3. The van der Waals surface area contributed by atoms with Gasteiger partial charge in [0.15, 0.2) is 4.60 Å². The Bertz CT molecular complexity index is 509. The van der Waals surface area contributed by atoms with Crippen LogP contribution < -0.4 is 0 Å². The summed E-state index contributed by atoms with van der Waals surface area (Å²) in [7, 11) is 1.78. The molecule has 0 bridgehead atoms. The van der Waals surface area contributed by atoms with Crippen LogP contribution in [0, 0.1) is 0 Å². The molecule has 1 heterocycles. The largest absolute Gasteiger partial charge is 0.308 e. The average molecular weight is 354 g/mol. The molecule has 1 aromatic heterocycles. The van der Waals surface area contributed by atoms with E-state index in [1.165, 1.54) is 8.99 Å². The summed E-state index contributed by atoms with van der Waals surface area (Å²) in [5, 5.41) is 7.54. The Kier molecular flexibility index (Phi) is 5.48. The Morgan fingerprint density at radius 2 is 2.00 bits per heavy atom. The summed E-state index contributed by atoms with van der Waals surface area (Å²) in [4.78, 5) is 1.96. The zero-order chi connectivity index (χ0) is 14.8. The first kappa shape index (κ1) is 16.5. The number of nitrogens with zero attached hydrogens (tertiary/aromatic N) is 5. The van der Waals surface area contributed by atoms with E-state index in [0.29, 0.717) is 13.1 Å². The van der Waals surface area contributed by atoms with Gasteiger partial charge >= 0.3 is 0 Å². The van der Waals surface area contributed by atoms with Crippen molar-refractivity contribution in [3.63, 3.8) is 0 Å². The number of hydrogen-bond donors (Lipinski definition) is 0. The second-order valence-corrected chi connectivity index (χ2v) is 7.19. The third kappa shape index (κ3) is 3.53. The third-order valence-corrected chi connectivity index (χ3v) is 5.70. The highest BCUT2D eigenvalue weighted by Crippen LogP contribution is 2.23. The van der Waals surface area contributed by atoms with Gasteiger partial charge in [-0.05, 0) is 36.9 Å². The van der Waals surface area contributed by atoms with Gasteiger partial charge in [-0.15, -0.1) is 5.10 Å². The van der Waals surface area contributed by atoms with Gasteiger partial charge in [0, 0.05) is 26.2 Å². The van der Waals surface area contributed by atoms with E-state index in [1.54, 1.807) is 7.05 Å². The van der Waals surface area contributed by atoms with Crippen LogP contribution in [0.25, 0.3) is 0 Å². The van der Waals surface area contributed by atoms with Crippen LogP contribution >= 0.6 is 15.9 Å². The van der Waals surface area contributed by atoms with Crippen LogP contribution in [-0.4, -0.2) is 65.8 Å². The van der Waals surface area contributed by atoms with Crippen molar-refractivity contribution in [3.05, 3.63) is 4.60 Å². The number of aryl methyl sites for hydroxylation is 1. The van der Waals surface area contributed by atoms with E-state index in [4.69, 9.17) is 0 Å². The SMILES string of the molecule is CCN(C(C)CN(C)C)S(=O)(=O)c1c(Br)nnn1C. The lowest BCUT2D eigenvalue weighted by atomic mass is 10.3. The van der Waals surface area contributed by atoms with Gasteiger partial charge in [0.05, 0.1) is 0 Å². The average Bonchev–Trinajstić information content (AvgIpc) is 2.58. The molecule has 1 unspecified atom stereocenters. The molecule has 0 saturated heterocycles. The Balaban J connectivity index is 3.17. The van der Waals surface area contributed by atoms with Gasteiger partial charge in [-0.2, -0.15) is 4.31 Å². The van der Waals surface area contributed by atoms with Gasteiger partial charge in [0.1, 0.15) is 0 Å². The van der Waals surface area contributed by atoms with E-state index in [2.05, 4.69) is 26.2 Å². The zero-order valence-corrected chi connectivity index (χ0v) is 14.2. The molecular weight excluding hydrogens is 334 g/mol. The Morgan fingerprint density at radius 1 is 1.42 bits per heavy atom. The van der Waals surface area contributed by atoms with E-state index in [9.17, 15) is 8.42 Å². The van der Waals surface area contributed by atoms with Crippen molar-refractivity contribution in [2.24, 2.45) is 7.05 Å². The first-order chi connectivity index (χ1) is 8.71. The van der Waals surface area contributed by atoms with Crippen molar-refractivity contribution in [1.29, 1.82) is 0 Å². The van der Waals surface area contributed by atoms with Crippen LogP contribution in [0.5, 0.6) is 0 Å². The van der Waals surface area contributed by atoms with Crippen LogP contribution in [0.2, 0.25) is 0 Å². The van der Waals surface area contributed by atoms with Crippen LogP contribution in [0.1, 0.15) is 13.8 Å². The molecule has 0 N–H and O–H groups in total. The lowest BCUT2D eigenvalue weighted by Crippen LogP contribution is -2.44. The molecule has 0 fully saturated rings. The molecule has 0 aliphatic heterocycles. The van der Waals surface area contributed by atoms with Crippen LogP contribution in [0.4, 0.5) is 0 Å². The van der Waals surface area contributed by atoms with E-state index >= 15 is 0 Å². The summed E-state index contributed by atoms with van der Waals surface area (Å²) >= 11 is 3.14. The maximum Gasteiger partial charge on any atom is 0.263 e. The number of rotatable bonds is 6. The zero-order valence-electron chi connectivity index (χ0n) is 11.8. The number of hydrogen-bond acceptors (Lipinski definition) is 5. The Morgan fingerprint density at radius 3 is 2.37 bits per heavy atom. The molecular formula is C10H20BrN5O2S. The molecule has 0 radical (unpaired) electrons. The highest BCUT2D eigenvalue weighted by Gasteiger charge is 2.33. The molecule has 0 aromatic carbocycles. The number of sulfonamides is 1. The van der Waals surface area contributed by atoms with Crippen LogP contribution in [-0.2, 0) is 17.1 Å². The van der Waals surface area contributed by atoms with Gasteiger partial charge < -0.3 is 4.90 Å². The lowest BCUT2D eigenvalue weighted by Gasteiger charge is -2.28. The minimum Gasteiger partial charge on any atom is -0.308 e. The van der Waals surface area contributed by atoms with E-state index in [-0.39, 0.29) is 15.7 Å². The van der Waals surface area contributed by atoms with Crippen molar-refractivity contribution in [3.8, 4) is 0 Å². The highest BCUT2D eigenvalue weighted by atomic mass is 79.9. The van der Waals surface area contributed by atoms with Crippen molar-refractivity contribution < 1.29 is 8.42 Å². The molecule has 0 amide bonds. The van der Waals surface area contributed by atoms with Crippen molar-refractivity contribution >= 4 is 26.0 Å². The van der Waals surface area contributed by atoms with Gasteiger partial charge in [0.2, 0.25) is 5.03 Å². The minimum absolute atomic E-state index is 0.0833. The number of aromatic nitrogens is 3. The topological polar surface area (TPSA) is 71.3 Å². The molecule has 1 aromatic rings. The maximum atomic E-state index is 12.7. The summed E-state index contributed by atoms with van der Waals surface area (Å²) in [6, 6.07) is -0.133. The minimum atomic E-state index is -3.62. The molecule has 0 saturated carbocycles. The lowest BCUT2D eigenvalue weighted by molar-refractivity contribution is 0.270. The predicted octanol–water partition coefficient (Wildman–Crippen LogP) is 0.538. The monoisotopic (exact) mass is 353 g/mol. The molecule has 19 heavy (non-hydrogen) atoms. The summed E-state index contributed by atoms with van der Waals surface area (Å²) in [5.74, 6) is 0. The molecule has 110 valence electrons. The van der Waals surface area contributed by atoms with Crippen LogP contribution in [0.15, 0.2) is 9.63 Å². The third-order valence-electron chi connectivity index (χ3n) is 2.72. The number of likely N-dealkylation sites (N-methyl/N-ethyl adjacent to an activating group) is 2. The fourth-order valence-electron chi connectivity index (χ4n) is 2.05. The first-order valence-corrected chi connectivity index (χ1v) is 8.16. The quantitative estimate of drug-likeness (QED) is 0.746. The molecule has 0 aliphatic carbocycles. The first-order valence-electron chi connectivity index (χ1n) is 5.93. The highest BCUT2D eigenvalue weighted by molar-refractivity contribution is 9.10. The fourth-order valence-corrected chi connectivity index (χ4v) is 4.71. The van der Waals surface area contributed by atoms with Crippen molar-refractivity contribution in [2.75, 3.05) is 27.2 Å². The fraction of sp³-hybridized carbons (Fsp3) is 0.800. The van der Waals surface area contributed by atoms with Gasteiger partial charge in [-0.3, -0.25) is 0 Å². The summed E-state index contributed by atoms with van der Waals surface area (Å²) in [6.45, 7) is 4.76. The summed E-state index contributed by atoms with van der Waals surface area (Å²) in [6.07, 6.45) is 0. The molecule has 0 aliphatic rings. The van der Waals surface area contributed by atoms with Gasteiger partial charge in [-0.1, -0.05) is 12.1 Å². The van der Waals surface area contributed by atoms with Gasteiger partial charge in [-0.25, -0.2) is 13.1 Å². The Labute approximate surface area is 122 Å².